The van der Waals surface area contributed by atoms with E-state index < -0.39 is 5.82 Å². The van der Waals surface area contributed by atoms with E-state index in [4.69, 9.17) is 23.8 Å². The van der Waals surface area contributed by atoms with Crippen LogP contribution in [0.1, 0.15) is 5.56 Å². The Kier molecular flexibility index (Phi) is 4.13. The predicted octanol–water partition coefficient (Wildman–Crippen LogP) is 4.28. The van der Waals surface area contributed by atoms with Gasteiger partial charge in [-0.25, -0.2) is 9.49 Å². The first-order chi connectivity index (χ1) is 10.7. The number of rotatable bonds is 3. The lowest BCUT2D eigenvalue weighted by molar-refractivity contribution is 0.628. The fourth-order valence-electron chi connectivity index (χ4n) is 1.92. The van der Waals surface area contributed by atoms with Gasteiger partial charge in [-0.1, -0.05) is 41.9 Å². The zero-order valence-corrected chi connectivity index (χ0v) is 12.8. The molecule has 0 aliphatic carbocycles. The number of hydrogen-bond acceptors (Lipinski definition) is 3. The van der Waals surface area contributed by atoms with Gasteiger partial charge in [0.05, 0.1) is 11.8 Å². The van der Waals surface area contributed by atoms with E-state index >= 15 is 0 Å². The number of aromatic amines is 1. The maximum Gasteiger partial charge on any atom is 0.216 e. The lowest BCUT2D eigenvalue weighted by atomic mass is 10.2. The number of halogens is 2. The number of aromatic nitrogens is 3. The van der Waals surface area contributed by atoms with Crippen LogP contribution in [0.4, 0.5) is 4.39 Å². The molecule has 0 aliphatic heterocycles. The smallest absolute Gasteiger partial charge is 0.216 e. The van der Waals surface area contributed by atoms with Crippen molar-refractivity contribution in [1.29, 1.82) is 0 Å². The average Bonchev–Trinajstić information content (AvgIpc) is 2.88. The predicted molar refractivity (Wildman–Crippen MR) is 87.2 cm³/mol. The Hall–Kier alpha value is -2.31. The molecular formula is C15H10ClFN4S. The summed E-state index contributed by atoms with van der Waals surface area (Å²) in [4.78, 5) is 0. The molecule has 110 valence electrons. The molecule has 1 N–H and O–H groups in total. The maximum atomic E-state index is 13.9. The van der Waals surface area contributed by atoms with Crippen molar-refractivity contribution in [3.63, 3.8) is 0 Å². The number of H-pyrrole nitrogens is 1. The molecule has 1 heterocycles. The van der Waals surface area contributed by atoms with E-state index in [9.17, 15) is 4.39 Å². The largest absolute Gasteiger partial charge is 0.250 e. The van der Waals surface area contributed by atoms with E-state index in [1.807, 2.05) is 18.2 Å². The van der Waals surface area contributed by atoms with Crippen LogP contribution in [0.5, 0.6) is 0 Å². The minimum Gasteiger partial charge on any atom is -0.250 e. The van der Waals surface area contributed by atoms with E-state index in [0.717, 1.165) is 5.56 Å². The zero-order valence-electron chi connectivity index (χ0n) is 11.2. The molecule has 1 aromatic heterocycles. The Morgan fingerprint density at radius 1 is 1.18 bits per heavy atom. The maximum absolute atomic E-state index is 13.9. The molecule has 0 fully saturated rings. The molecule has 0 spiro atoms. The van der Waals surface area contributed by atoms with Crippen LogP contribution in [0, 0.1) is 10.6 Å². The Labute approximate surface area is 135 Å². The fraction of sp³-hybridized carbons (Fsp3) is 0. The van der Waals surface area contributed by atoms with E-state index in [2.05, 4.69) is 15.3 Å². The van der Waals surface area contributed by atoms with Gasteiger partial charge in [0.1, 0.15) is 5.82 Å². The molecule has 0 unspecified atom stereocenters. The average molecular weight is 333 g/mol. The van der Waals surface area contributed by atoms with Crippen LogP contribution in [0.15, 0.2) is 53.6 Å². The molecule has 3 rings (SSSR count). The van der Waals surface area contributed by atoms with Crippen molar-refractivity contribution in [2.75, 3.05) is 0 Å². The van der Waals surface area contributed by atoms with Crippen LogP contribution >= 0.6 is 23.8 Å². The summed E-state index contributed by atoms with van der Waals surface area (Å²) in [6.45, 7) is 0. The Balaban J connectivity index is 2.06. The minimum absolute atomic E-state index is 0.265. The summed E-state index contributed by atoms with van der Waals surface area (Å²) in [6, 6.07) is 13.5. The third-order valence-corrected chi connectivity index (χ3v) is 3.59. The summed E-state index contributed by atoms with van der Waals surface area (Å²) in [7, 11) is 0. The highest BCUT2D eigenvalue weighted by Gasteiger charge is 2.12. The molecule has 0 bridgehead atoms. The monoisotopic (exact) mass is 332 g/mol. The van der Waals surface area contributed by atoms with Gasteiger partial charge in [0.15, 0.2) is 5.82 Å². The van der Waals surface area contributed by atoms with Gasteiger partial charge in [-0.05, 0) is 30.4 Å². The first-order valence-electron chi connectivity index (χ1n) is 6.38. The molecule has 4 nitrogen and oxygen atoms in total. The van der Waals surface area contributed by atoms with Crippen molar-refractivity contribution in [2.24, 2.45) is 5.10 Å². The van der Waals surface area contributed by atoms with Crippen LogP contribution in [0.25, 0.3) is 11.4 Å². The lowest BCUT2D eigenvalue weighted by Crippen LogP contribution is -1.97. The molecule has 0 saturated heterocycles. The van der Waals surface area contributed by atoms with Gasteiger partial charge in [-0.3, -0.25) is 0 Å². The summed E-state index contributed by atoms with van der Waals surface area (Å²) in [5.74, 6) is -0.0999. The molecule has 0 saturated carbocycles. The molecule has 22 heavy (non-hydrogen) atoms. The van der Waals surface area contributed by atoms with Crippen LogP contribution < -0.4 is 0 Å². The summed E-state index contributed by atoms with van der Waals surface area (Å²) in [5.41, 5.74) is 1.04. The van der Waals surface area contributed by atoms with Gasteiger partial charge in [0, 0.05) is 10.6 Å². The quantitative estimate of drug-likeness (QED) is 0.574. The molecule has 0 aliphatic rings. The standard InChI is InChI=1S/C15H10ClFN4S/c16-12-7-3-1-5-10(12)9-18-21-14(19-20-15(21)22)11-6-2-4-8-13(11)17/h1-9H,(H,20,22)/b18-9+. The summed E-state index contributed by atoms with van der Waals surface area (Å²) in [6.07, 6.45) is 1.55. The molecule has 3 aromatic rings. The first-order valence-corrected chi connectivity index (χ1v) is 7.16. The highest BCUT2D eigenvalue weighted by molar-refractivity contribution is 7.71. The highest BCUT2D eigenvalue weighted by atomic mass is 35.5. The van der Waals surface area contributed by atoms with Gasteiger partial charge in [-0.2, -0.15) is 14.9 Å². The van der Waals surface area contributed by atoms with E-state index in [0.29, 0.717) is 16.4 Å². The second-order valence-electron chi connectivity index (χ2n) is 4.41. The van der Waals surface area contributed by atoms with E-state index in [-0.39, 0.29) is 4.77 Å². The molecule has 0 radical (unpaired) electrons. The fourth-order valence-corrected chi connectivity index (χ4v) is 2.28. The molecule has 2 aromatic carbocycles. The number of nitrogens with one attached hydrogen (secondary N) is 1. The Bertz CT molecular complexity index is 900. The second kappa shape index (κ2) is 6.21. The number of hydrogen-bond donors (Lipinski definition) is 1. The Morgan fingerprint density at radius 3 is 2.68 bits per heavy atom. The summed E-state index contributed by atoms with van der Waals surface area (Å²) >= 11 is 11.2. The molecule has 7 heteroatoms. The van der Waals surface area contributed by atoms with Crippen LogP contribution in [-0.4, -0.2) is 21.1 Å². The zero-order chi connectivity index (χ0) is 15.5. The lowest BCUT2D eigenvalue weighted by Gasteiger charge is -2.02. The third-order valence-electron chi connectivity index (χ3n) is 2.98. The number of benzene rings is 2. The van der Waals surface area contributed by atoms with Crippen molar-refractivity contribution < 1.29 is 4.39 Å². The van der Waals surface area contributed by atoms with Crippen molar-refractivity contribution in [2.45, 2.75) is 0 Å². The van der Waals surface area contributed by atoms with Crippen LogP contribution in [0.2, 0.25) is 5.02 Å². The van der Waals surface area contributed by atoms with Crippen molar-refractivity contribution in [1.82, 2.24) is 14.9 Å². The summed E-state index contributed by atoms with van der Waals surface area (Å²) in [5, 5.41) is 11.5. The third kappa shape index (κ3) is 2.84. The molecular weight excluding hydrogens is 323 g/mol. The van der Waals surface area contributed by atoms with Gasteiger partial charge in [0.25, 0.3) is 0 Å². The molecule has 0 amide bonds. The topological polar surface area (TPSA) is 46.0 Å². The highest BCUT2D eigenvalue weighted by Crippen LogP contribution is 2.20. The molecule has 0 atom stereocenters. The van der Waals surface area contributed by atoms with Gasteiger partial charge in [-0.15, -0.1) is 0 Å². The van der Waals surface area contributed by atoms with E-state index in [1.54, 1.807) is 30.5 Å². The van der Waals surface area contributed by atoms with E-state index in [1.165, 1.54) is 10.7 Å². The Morgan fingerprint density at radius 2 is 1.91 bits per heavy atom. The SMILES string of the molecule is Fc1ccccc1-c1n[nH]c(=S)n1/N=C/c1ccccc1Cl. The minimum atomic E-state index is -0.398. The van der Waals surface area contributed by atoms with Gasteiger partial charge in [0.2, 0.25) is 4.77 Å². The van der Waals surface area contributed by atoms with Crippen molar-refractivity contribution in [3.8, 4) is 11.4 Å². The first kappa shape index (κ1) is 14.6. The normalized spacial score (nSPS) is 11.2. The van der Waals surface area contributed by atoms with Gasteiger partial charge < -0.3 is 0 Å². The summed E-state index contributed by atoms with van der Waals surface area (Å²) < 4.78 is 15.5. The van der Waals surface area contributed by atoms with Crippen LogP contribution in [-0.2, 0) is 0 Å². The number of nitrogens with zero attached hydrogens (tertiary/aromatic N) is 3. The van der Waals surface area contributed by atoms with Crippen molar-refractivity contribution in [3.05, 3.63) is 69.7 Å². The second-order valence-corrected chi connectivity index (χ2v) is 5.20. The van der Waals surface area contributed by atoms with Crippen molar-refractivity contribution >= 4 is 30.0 Å². The van der Waals surface area contributed by atoms with Gasteiger partial charge >= 0.3 is 0 Å². The van der Waals surface area contributed by atoms with Crippen LogP contribution in [0.3, 0.4) is 0 Å².